The van der Waals surface area contributed by atoms with Crippen molar-refractivity contribution in [2.24, 2.45) is 7.05 Å². The molecule has 0 spiro atoms. The normalized spacial score (nSPS) is 19.4. The first kappa shape index (κ1) is 17.6. The molecule has 1 aliphatic rings. The van der Waals surface area contributed by atoms with E-state index in [1.807, 2.05) is 37.4 Å². The Kier molecular flexibility index (Phi) is 5.40. The summed E-state index contributed by atoms with van der Waals surface area (Å²) in [6.07, 6.45) is 3.82. The van der Waals surface area contributed by atoms with E-state index in [2.05, 4.69) is 29.5 Å². The Morgan fingerprint density at radius 1 is 1.41 bits per heavy atom. The van der Waals surface area contributed by atoms with Crippen LogP contribution in [0.4, 0.5) is 4.79 Å². The number of ether oxygens (including phenoxy) is 1. The summed E-state index contributed by atoms with van der Waals surface area (Å²) >= 11 is 2.36. The minimum Gasteiger partial charge on any atom is -0.444 e. The highest BCUT2D eigenvalue weighted by atomic mass is 127. The molecule has 124 valence electrons. The number of rotatable bonds is 2. The lowest BCUT2D eigenvalue weighted by atomic mass is 9.99. The zero-order valence-electron chi connectivity index (χ0n) is 14.1. The fraction of sp³-hybridized carbons (Fsp3) is 0.750. The number of likely N-dealkylation sites (tertiary alicyclic amines) is 1. The summed E-state index contributed by atoms with van der Waals surface area (Å²) < 4.78 is 8.71. The van der Waals surface area contributed by atoms with Crippen LogP contribution in [0.3, 0.4) is 0 Å². The van der Waals surface area contributed by atoms with Crippen LogP contribution in [0.25, 0.3) is 0 Å². The molecule has 1 atom stereocenters. The Hall–Kier alpha value is -0.790. The van der Waals surface area contributed by atoms with Gasteiger partial charge >= 0.3 is 6.09 Å². The lowest BCUT2D eigenvalue weighted by Gasteiger charge is -2.36. The van der Waals surface area contributed by atoms with Gasteiger partial charge in [-0.2, -0.15) is 5.10 Å². The molecule has 5 nitrogen and oxygen atoms in total. The van der Waals surface area contributed by atoms with Crippen molar-refractivity contribution in [3.05, 3.63) is 15.0 Å². The Bertz CT molecular complexity index is 548. The van der Waals surface area contributed by atoms with E-state index in [4.69, 9.17) is 9.84 Å². The summed E-state index contributed by atoms with van der Waals surface area (Å²) in [4.78, 5) is 14.4. The van der Waals surface area contributed by atoms with E-state index in [0.717, 1.165) is 37.9 Å². The van der Waals surface area contributed by atoms with E-state index in [0.29, 0.717) is 0 Å². The van der Waals surface area contributed by atoms with Crippen molar-refractivity contribution in [3.8, 4) is 0 Å². The van der Waals surface area contributed by atoms with Crippen LogP contribution in [-0.2, 0) is 18.2 Å². The molecule has 0 bridgehead atoms. The molecule has 1 saturated heterocycles. The van der Waals surface area contributed by atoms with Crippen LogP contribution >= 0.6 is 22.6 Å². The highest BCUT2D eigenvalue weighted by Crippen LogP contribution is 2.34. The molecular formula is C16H26IN3O2. The first-order valence-electron chi connectivity index (χ1n) is 7.95. The zero-order chi connectivity index (χ0) is 16.5. The first-order valence-corrected chi connectivity index (χ1v) is 9.03. The number of hydrogen-bond donors (Lipinski definition) is 0. The summed E-state index contributed by atoms with van der Waals surface area (Å²) in [6, 6.07) is 0.0296. The van der Waals surface area contributed by atoms with Crippen molar-refractivity contribution in [3.63, 3.8) is 0 Å². The van der Waals surface area contributed by atoms with Gasteiger partial charge in [0, 0.05) is 13.6 Å². The molecule has 1 aliphatic heterocycles. The molecule has 0 unspecified atom stereocenters. The van der Waals surface area contributed by atoms with Crippen LogP contribution in [0.5, 0.6) is 0 Å². The van der Waals surface area contributed by atoms with Gasteiger partial charge in [0.05, 0.1) is 21.0 Å². The van der Waals surface area contributed by atoms with Crippen molar-refractivity contribution in [2.75, 3.05) is 6.54 Å². The highest BCUT2D eigenvalue weighted by Gasteiger charge is 2.34. The number of carbonyl (C=O) groups excluding carboxylic acids is 1. The molecule has 0 N–H and O–H groups in total. The fourth-order valence-electron chi connectivity index (χ4n) is 2.91. The maximum Gasteiger partial charge on any atom is 0.410 e. The standard InChI is InChI=1S/C16H26IN3O2/c1-6-11-13(17)14(18-19(11)5)12-9-7-8-10-20(12)15(21)22-16(2,3)4/h12H,6-10H2,1-5H3/t12-/m1/s1. The van der Waals surface area contributed by atoms with E-state index >= 15 is 0 Å². The first-order chi connectivity index (χ1) is 10.2. The Morgan fingerprint density at radius 3 is 2.64 bits per heavy atom. The SMILES string of the molecule is CCc1c(I)c([C@H]2CCCCN2C(=O)OC(C)(C)C)nn1C. The molecule has 0 aliphatic carbocycles. The van der Waals surface area contributed by atoms with Gasteiger partial charge in [-0.1, -0.05) is 6.92 Å². The van der Waals surface area contributed by atoms with Crippen LogP contribution in [0.15, 0.2) is 0 Å². The van der Waals surface area contributed by atoms with Crippen molar-refractivity contribution in [1.82, 2.24) is 14.7 Å². The number of hydrogen-bond acceptors (Lipinski definition) is 3. The lowest BCUT2D eigenvalue weighted by molar-refractivity contribution is 0.00885. The minimum absolute atomic E-state index is 0.0296. The second kappa shape index (κ2) is 6.76. The third-order valence-electron chi connectivity index (χ3n) is 3.91. The van der Waals surface area contributed by atoms with Crippen LogP contribution in [0.2, 0.25) is 0 Å². The maximum atomic E-state index is 12.5. The van der Waals surface area contributed by atoms with Gasteiger partial charge in [-0.15, -0.1) is 0 Å². The number of nitrogens with zero attached hydrogens (tertiary/aromatic N) is 3. The Balaban J connectivity index is 2.29. The van der Waals surface area contributed by atoms with Crippen LogP contribution in [0.1, 0.15) is 64.4 Å². The van der Waals surface area contributed by atoms with Gasteiger partial charge in [0.25, 0.3) is 0 Å². The third kappa shape index (κ3) is 3.75. The van der Waals surface area contributed by atoms with Gasteiger partial charge in [0.15, 0.2) is 0 Å². The van der Waals surface area contributed by atoms with Crippen molar-refractivity contribution in [2.45, 2.75) is 65.0 Å². The second-order valence-electron chi connectivity index (χ2n) is 6.81. The molecule has 22 heavy (non-hydrogen) atoms. The van der Waals surface area contributed by atoms with Gasteiger partial charge in [0.1, 0.15) is 5.60 Å². The average molecular weight is 419 g/mol. The lowest BCUT2D eigenvalue weighted by Crippen LogP contribution is -2.42. The summed E-state index contributed by atoms with van der Waals surface area (Å²) in [7, 11) is 1.98. The maximum absolute atomic E-state index is 12.5. The molecule has 1 aromatic heterocycles. The average Bonchev–Trinajstić information content (AvgIpc) is 2.71. The Labute approximate surface area is 146 Å². The quantitative estimate of drug-likeness (QED) is 0.680. The van der Waals surface area contributed by atoms with Gasteiger partial charge in [-0.05, 0) is 69.0 Å². The molecular weight excluding hydrogens is 393 g/mol. The number of piperidine rings is 1. The molecule has 6 heteroatoms. The van der Waals surface area contributed by atoms with E-state index in [1.54, 1.807) is 0 Å². The van der Waals surface area contributed by atoms with Gasteiger partial charge in [-0.3, -0.25) is 9.58 Å². The molecule has 2 heterocycles. The second-order valence-corrected chi connectivity index (χ2v) is 7.89. The van der Waals surface area contributed by atoms with Gasteiger partial charge in [0.2, 0.25) is 0 Å². The summed E-state index contributed by atoms with van der Waals surface area (Å²) in [6.45, 7) is 8.60. The predicted octanol–water partition coefficient (Wildman–Crippen LogP) is 4.05. The molecule has 1 amide bonds. The molecule has 1 aromatic rings. The van der Waals surface area contributed by atoms with E-state index < -0.39 is 5.60 Å². The molecule has 0 aromatic carbocycles. The van der Waals surface area contributed by atoms with Crippen LogP contribution < -0.4 is 0 Å². The predicted molar refractivity (Wildman–Crippen MR) is 94.8 cm³/mol. The number of amides is 1. The number of aromatic nitrogens is 2. The minimum atomic E-state index is -0.467. The monoisotopic (exact) mass is 419 g/mol. The highest BCUT2D eigenvalue weighted by molar-refractivity contribution is 14.1. The zero-order valence-corrected chi connectivity index (χ0v) is 16.3. The molecule has 0 radical (unpaired) electrons. The van der Waals surface area contributed by atoms with Crippen molar-refractivity contribution in [1.29, 1.82) is 0 Å². The molecule has 2 rings (SSSR count). The third-order valence-corrected chi connectivity index (χ3v) is 5.08. The smallest absolute Gasteiger partial charge is 0.410 e. The largest absolute Gasteiger partial charge is 0.444 e. The number of carbonyl (C=O) groups is 1. The molecule has 1 fully saturated rings. The van der Waals surface area contributed by atoms with E-state index in [1.165, 1.54) is 9.26 Å². The van der Waals surface area contributed by atoms with Crippen LogP contribution in [0, 0.1) is 3.57 Å². The fourth-order valence-corrected chi connectivity index (χ4v) is 4.11. The van der Waals surface area contributed by atoms with Gasteiger partial charge < -0.3 is 4.74 Å². The topological polar surface area (TPSA) is 47.4 Å². The number of halogens is 1. The van der Waals surface area contributed by atoms with E-state index in [9.17, 15) is 4.79 Å². The summed E-state index contributed by atoms with van der Waals surface area (Å²) in [5.74, 6) is 0. The molecule has 0 saturated carbocycles. The number of aryl methyl sites for hydroxylation is 1. The van der Waals surface area contributed by atoms with Gasteiger partial charge in [-0.25, -0.2) is 4.79 Å². The van der Waals surface area contributed by atoms with Crippen molar-refractivity contribution < 1.29 is 9.53 Å². The van der Waals surface area contributed by atoms with Crippen molar-refractivity contribution >= 4 is 28.7 Å². The van der Waals surface area contributed by atoms with Crippen LogP contribution in [-0.4, -0.2) is 32.9 Å². The summed E-state index contributed by atoms with van der Waals surface area (Å²) in [5, 5.41) is 4.69. The Morgan fingerprint density at radius 2 is 2.09 bits per heavy atom. The van der Waals surface area contributed by atoms with E-state index in [-0.39, 0.29) is 12.1 Å². The summed E-state index contributed by atoms with van der Waals surface area (Å²) in [5.41, 5.74) is 1.78.